The van der Waals surface area contributed by atoms with Crippen LogP contribution in [0.4, 0.5) is 5.69 Å². The highest BCUT2D eigenvalue weighted by Gasteiger charge is 2.25. The van der Waals surface area contributed by atoms with Crippen LogP contribution in [0.5, 0.6) is 0 Å². The minimum Gasteiger partial charge on any atom is -0.364 e. The molecule has 6 rings (SSSR count). The Balaban J connectivity index is 1.47. The van der Waals surface area contributed by atoms with Gasteiger partial charge in [-0.3, -0.25) is 0 Å². The second kappa shape index (κ2) is 9.02. The molecule has 0 spiro atoms. The lowest BCUT2D eigenvalue weighted by Crippen LogP contribution is -2.25. The molecule has 0 aliphatic heterocycles. The lowest BCUT2D eigenvalue weighted by molar-refractivity contribution is 0.385. The van der Waals surface area contributed by atoms with Crippen molar-refractivity contribution in [2.75, 3.05) is 5.32 Å². The van der Waals surface area contributed by atoms with E-state index in [9.17, 15) is 0 Å². The summed E-state index contributed by atoms with van der Waals surface area (Å²) in [6.45, 7) is 2.09. The number of fused-ring (bicyclic) bond motifs is 2. The number of aromatic nitrogens is 6. The molecule has 0 radical (unpaired) electrons. The van der Waals surface area contributed by atoms with E-state index in [4.69, 9.17) is 0 Å². The van der Waals surface area contributed by atoms with Gasteiger partial charge in [-0.2, -0.15) is 0 Å². The third kappa shape index (κ3) is 4.12. The molecule has 2 aromatic heterocycles. The quantitative estimate of drug-likeness (QED) is 0.328. The summed E-state index contributed by atoms with van der Waals surface area (Å²) in [5.41, 5.74) is 7.12. The molecule has 0 bridgehead atoms. The molecule has 2 unspecified atom stereocenters. The predicted molar refractivity (Wildman–Crippen MR) is 138 cm³/mol. The summed E-state index contributed by atoms with van der Waals surface area (Å²) in [6.07, 6.45) is 0.497. The Kier molecular flexibility index (Phi) is 5.42. The van der Waals surface area contributed by atoms with Crippen LogP contribution in [0.2, 0.25) is 0 Å². The molecule has 4 aromatic carbocycles. The van der Waals surface area contributed by atoms with E-state index in [2.05, 4.69) is 93.5 Å². The average Bonchev–Trinajstić information content (AvgIpc) is 3.53. The highest BCUT2D eigenvalue weighted by atomic mass is 15.5. The number of hydrogen-bond donors (Lipinski definition) is 1. The van der Waals surface area contributed by atoms with E-state index < -0.39 is 0 Å². The molecule has 0 saturated heterocycles. The molecule has 6 aromatic rings. The van der Waals surface area contributed by atoms with E-state index >= 15 is 0 Å². The van der Waals surface area contributed by atoms with E-state index in [1.54, 1.807) is 0 Å². The van der Waals surface area contributed by atoms with Gasteiger partial charge in [0.25, 0.3) is 0 Å². The first kappa shape index (κ1) is 21.0. The molecule has 1 N–H and O–H groups in total. The average molecular weight is 460 g/mol. The van der Waals surface area contributed by atoms with Gasteiger partial charge in [-0.1, -0.05) is 82.7 Å². The maximum absolute atomic E-state index is 4.58. The second-order valence-corrected chi connectivity index (χ2v) is 8.73. The van der Waals surface area contributed by atoms with Crippen molar-refractivity contribution < 1.29 is 0 Å². The van der Waals surface area contributed by atoms with Gasteiger partial charge in [0.05, 0.1) is 17.1 Å². The third-order valence-corrected chi connectivity index (χ3v) is 6.36. The molecule has 172 valence electrons. The number of rotatable bonds is 7. The topological polar surface area (TPSA) is 73.5 Å². The molecule has 0 aliphatic rings. The van der Waals surface area contributed by atoms with Crippen molar-refractivity contribution in [3.63, 3.8) is 0 Å². The third-order valence-electron chi connectivity index (χ3n) is 6.36. The summed E-state index contributed by atoms with van der Waals surface area (Å²) in [7, 11) is 0. The summed E-state index contributed by atoms with van der Waals surface area (Å²) >= 11 is 0. The Morgan fingerprint density at radius 3 is 1.91 bits per heavy atom. The smallest absolute Gasteiger partial charge is 0.125 e. The monoisotopic (exact) mass is 459 g/mol. The van der Waals surface area contributed by atoms with Gasteiger partial charge in [0.15, 0.2) is 0 Å². The Bertz CT molecular complexity index is 1570. The first-order chi connectivity index (χ1) is 17.3. The van der Waals surface area contributed by atoms with Crippen LogP contribution in [-0.2, 0) is 0 Å². The maximum atomic E-state index is 4.58. The van der Waals surface area contributed by atoms with Crippen molar-refractivity contribution in [2.24, 2.45) is 0 Å². The number of nitrogens with one attached hydrogen (secondary N) is 1. The number of hydrogen-bond acceptors (Lipinski definition) is 5. The zero-order chi connectivity index (χ0) is 23.6. The van der Waals surface area contributed by atoms with Crippen molar-refractivity contribution in [3.8, 4) is 0 Å². The van der Waals surface area contributed by atoms with Gasteiger partial charge in [-0.05, 0) is 48.9 Å². The number of aryl methyl sites for hydroxylation is 1. The molecule has 0 saturated carbocycles. The lowest BCUT2D eigenvalue weighted by atomic mass is 10.0. The number of benzene rings is 4. The predicted octanol–water partition coefficient (Wildman–Crippen LogP) is 5.77. The Morgan fingerprint density at radius 2 is 1.23 bits per heavy atom. The van der Waals surface area contributed by atoms with Crippen molar-refractivity contribution in [1.29, 1.82) is 0 Å². The van der Waals surface area contributed by atoms with Crippen molar-refractivity contribution in [1.82, 2.24) is 30.0 Å². The van der Waals surface area contributed by atoms with Crippen LogP contribution in [0.25, 0.3) is 22.1 Å². The first-order valence-corrected chi connectivity index (χ1v) is 11.7. The van der Waals surface area contributed by atoms with Crippen LogP contribution in [0.15, 0.2) is 103 Å². The maximum Gasteiger partial charge on any atom is 0.125 e. The van der Waals surface area contributed by atoms with Gasteiger partial charge in [-0.15, -0.1) is 10.2 Å². The van der Waals surface area contributed by atoms with Crippen LogP contribution in [-0.4, -0.2) is 30.0 Å². The Hall–Kier alpha value is -4.52. The van der Waals surface area contributed by atoms with Crippen molar-refractivity contribution in [2.45, 2.75) is 25.6 Å². The Morgan fingerprint density at radius 1 is 0.657 bits per heavy atom. The summed E-state index contributed by atoms with van der Waals surface area (Å²) in [4.78, 5) is 0. The van der Waals surface area contributed by atoms with Gasteiger partial charge >= 0.3 is 0 Å². The highest BCUT2D eigenvalue weighted by molar-refractivity contribution is 5.75. The van der Waals surface area contributed by atoms with Gasteiger partial charge in [0.2, 0.25) is 0 Å². The van der Waals surface area contributed by atoms with Gasteiger partial charge in [0.1, 0.15) is 17.2 Å². The Labute approximate surface area is 203 Å². The zero-order valence-electron chi connectivity index (χ0n) is 19.4. The van der Waals surface area contributed by atoms with E-state index in [0.29, 0.717) is 6.42 Å². The van der Waals surface area contributed by atoms with E-state index in [1.807, 2.05) is 51.8 Å². The van der Waals surface area contributed by atoms with E-state index in [0.717, 1.165) is 33.3 Å². The van der Waals surface area contributed by atoms with Crippen LogP contribution >= 0.6 is 0 Å². The minimum atomic E-state index is -0.182. The van der Waals surface area contributed by atoms with Crippen LogP contribution in [0.1, 0.15) is 29.8 Å². The van der Waals surface area contributed by atoms with Crippen LogP contribution in [0.3, 0.4) is 0 Å². The van der Waals surface area contributed by atoms with Crippen molar-refractivity contribution >= 4 is 27.8 Å². The fourth-order valence-corrected chi connectivity index (χ4v) is 4.56. The summed E-state index contributed by atoms with van der Waals surface area (Å²) in [5, 5.41) is 21.7. The second-order valence-electron chi connectivity index (χ2n) is 8.73. The van der Waals surface area contributed by atoms with Gasteiger partial charge in [-0.25, -0.2) is 9.36 Å². The number of para-hydroxylation sites is 2. The molecule has 0 amide bonds. The standard InChI is InChI=1S/C28H25N7/c1-20-15-17-22(18-16-20)29-28(35-26-14-8-6-12-24(26)31-33-35)19-27(21-9-3-2-4-10-21)34-25-13-7-5-11-23(25)30-32-34/h2-18,27-29H,19H2,1H3. The zero-order valence-corrected chi connectivity index (χ0v) is 19.4. The van der Waals surface area contributed by atoms with Crippen LogP contribution < -0.4 is 5.32 Å². The molecule has 2 heterocycles. The van der Waals surface area contributed by atoms with E-state index in [1.165, 1.54) is 5.56 Å². The SMILES string of the molecule is Cc1ccc(NC(CC(c2ccccc2)n2nnc3ccccc32)n2nnc3ccccc32)cc1. The molecule has 0 fully saturated rings. The minimum absolute atomic E-state index is 0.0745. The molecular formula is C28H25N7. The number of anilines is 1. The molecule has 35 heavy (non-hydrogen) atoms. The molecule has 7 nitrogen and oxygen atoms in total. The fourth-order valence-electron chi connectivity index (χ4n) is 4.56. The highest BCUT2D eigenvalue weighted by Crippen LogP contribution is 2.32. The summed E-state index contributed by atoms with van der Waals surface area (Å²) in [5.74, 6) is 0. The largest absolute Gasteiger partial charge is 0.364 e. The van der Waals surface area contributed by atoms with Gasteiger partial charge in [0, 0.05) is 12.1 Å². The molecular weight excluding hydrogens is 434 g/mol. The first-order valence-electron chi connectivity index (χ1n) is 11.7. The van der Waals surface area contributed by atoms with E-state index in [-0.39, 0.29) is 12.2 Å². The summed E-state index contributed by atoms with van der Waals surface area (Å²) in [6, 6.07) is 34.9. The summed E-state index contributed by atoms with van der Waals surface area (Å²) < 4.78 is 4.00. The fraction of sp³-hybridized carbons (Fsp3) is 0.143. The van der Waals surface area contributed by atoms with Crippen molar-refractivity contribution in [3.05, 3.63) is 114 Å². The lowest BCUT2D eigenvalue weighted by Gasteiger charge is -2.26. The van der Waals surface area contributed by atoms with Crippen LogP contribution in [0, 0.1) is 6.92 Å². The number of nitrogens with zero attached hydrogens (tertiary/aromatic N) is 6. The normalized spacial score (nSPS) is 13.2. The molecule has 0 aliphatic carbocycles. The molecule has 7 heteroatoms. The van der Waals surface area contributed by atoms with Gasteiger partial charge < -0.3 is 5.32 Å². The molecule has 2 atom stereocenters.